The van der Waals surface area contributed by atoms with Crippen molar-refractivity contribution in [2.45, 2.75) is 11.3 Å². The summed E-state index contributed by atoms with van der Waals surface area (Å²) in [6.45, 7) is 0.298. The summed E-state index contributed by atoms with van der Waals surface area (Å²) in [5.41, 5.74) is 2.79. The molecule has 2 aromatic carbocycles. The first-order valence-corrected chi connectivity index (χ1v) is 9.60. The van der Waals surface area contributed by atoms with Crippen LogP contribution in [-0.2, 0) is 19.4 Å². The van der Waals surface area contributed by atoms with Crippen LogP contribution in [0.1, 0.15) is 17.5 Å². The van der Waals surface area contributed by atoms with Gasteiger partial charge in [-0.05, 0) is 41.0 Å². The lowest BCUT2D eigenvalue weighted by Crippen LogP contribution is -2.16. The summed E-state index contributed by atoms with van der Waals surface area (Å²) in [5, 5.41) is 0.533. The van der Waals surface area contributed by atoms with Crippen molar-refractivity contribution >= 4 is 38.6 Å². The second-order valence-electron chi connectivity index (χ2n) is 5.55. The molecule has 3 rings (SSSR count). The Bertz CT molecular complexity index is 928. The third-order valence-electron chi connectivity index (χ3n) is 3.84. The van der Waals surface area contributed by atoms with Crippen LogP contribution in [0.3, 0.4) is 0 Å². The summed E-state index contributed by atoms with van der Waals surface area (Å²) in [6, 6.07) is 13.6. The van der Waals surface area contributed by atoms with Gasteiger partial charge in [0.25, 0.3) is 0 Å². The van der Waals surface area contributed by atoms with Crippen molar-refractivity contribution in [3.05, 3.63) is 64.7 Å². The topological polar surface area (TPSA) is 60.4 Å². The Kier molecular flexibility index (Phi) is 4.47. The summed E-state index contributed by atoms with van der Waals surface area (Å²) in [7, 11) is -3.26. The van der Waals surface area contributed by atoms with E-state index in [1.807, 2.05) is 0 Å². The van der Waals surface area contributed by atoms with Crippen molar-refractivity contribution in [3.8, 4) is 0 Å². The number of rotatable bonds is 3. The van der Waals surface area contributed by atoms with Crippen molar-refractivity contribution in [1.29, 1.82) is 0 Å². The van der Waals surface area contributed by atoms with Crippen LogP contribution < -0.4 is 0 Å². The first-order valence-electron chi connectivity index (χ1n) is 7.33. The molecule has 0 amide bonds. The largest absolute Gasteiger partial charge is 0.462 e. The van der Waals surface area contributed by atoms with E-state index < -0.39 is 15.8 Å². The molecule has 0 saturated heterocycles. The van der Waals surface area contributed by atoms with E-state index in [2.05, 4.69) is 0 Å². The normalized spacial score (nSPS) is 15.3. The molecule has 0 N–H and O–H groups in total. The van der Waals surface area contributed by atoms with E-state index in [0.29, 0.717) is 29.2 Å². The number of halogens is 1. The number of carbonyl (C=O) groups is 1. The number of esters is 1. The van der Waals surface area contributed by atoms with Gasteiger partial charge in [0.05, 0.1) is 17.1 Å². The summed E-state index contributed by atoms with van der Waals surface area (Å²) in [4.78, 5) is 12.5. The summed E-state index contributed by atoms with van der Waals surface area (Å²) >= 11 is 6.04. The lowest BCUT2D eigenvalue weighted by Gasteiger charge is -2.21. The molecule has 0 aromatic heterocycles. The molecule has 0 atom stereocenters. The minimum Gasteiger partial charge on any atom is -0.462 e. The fourth-order valence-corrected chi connectivity index (χ4v) is 3.51. The Morgan fingerprint density at radius 2 is 1.75 bits per heavy atom. The third-order valence-corrected chi connectivity index (χ3v) is 5.20. The fourth-order valence-electron chi connectivity index (χ4n) is 2.69. The highest BCUT2D eigenvalue weighted by Gasteiger charge is 2.25. The van der Waals surface area contributed by atoms with Crippen LogP contribution in [0.15, 0.2) is 53.4 Å². The highest BCUT2D eigenvalue weighted by atomic mass is 35.5. The Morgan fingerprint density at radius 1 is 1.04 bits per heavy atom. The Morgan fingerprint density at radius 3 is 2.38 bits per heavy atom. The molecule has 0 radical (unpaired) electrons. The molecule has 0 saturated carbocycles. The molecular formula is C18H15ClO4S. The summed E-state index contributed by atoms with van der Waals surface area (Å²) in [6.07, 6.45) is 1.72. The van der Waals surface area contributed by atoms with Crippen LogP contribution in [-0.4, -0.2) is 27.2 Å². The third kappa shape index (κ3) is 3.37. The van der Waals surface area contributed by atoms with Gasteiger partial charge in [-0.2, -0.15) is 0 Å². The van der Waals surface area contributed by atoms with Gasteiger partial charge in [-0.3, -0.25) is 0 Å². The Labute approximate surface area is 145 Å². The zero-order valence-electron chi connectivity index (χ0n) is 13.0. The first kappa shape index (κ1) is 16.7. The molecule has 0 unspecified atom stereocenters. The van der Waals surface area contributed by atoms with Gasteiger partial charge in [-0.1, -0.05) is 35.9 Å². The molecule has 2 aromatic rings. The van der Waals surface area contributed by atoms with E-state index in [4.69, 9.17) is 16.3 Å². The van der Waals surface area contributed by atoms with Gasteiger partial charge in [0, 0.05) is 17.7 Å². The number of ether oxygens (including phenoxy) is 1. The molecule has 24 heavy (non-hydrogen) atoms. The van der Waals surface area contributed by atoms with E-state index in [1.54, 1.807) is 48.5 Å². The highest BCUT2D eigenvalue weighted by Crippen LogP contribution is 2.34. The molecule has 0 spiro atoms. The van der Waals surface area contributed by atoms with Crippen molar-refractivity contribution < 1.29 is 17.9 Å². The molecule has 124 valence electrons. The predicted octanol–water partition coefficient (Wildman–Crippen LogP) is 3.60. The molecule has 1 aliphatic heterocycles. The van der Waals surface area contributed by atoms with Gasteiger partial charge in [-0.25, -0.2) is 13.2 Å². The first-order chi connectivity index (χ1) is 11.4. The SMILES string of the molecule is CS(=O)(=O)c1ccc(C2=C(c3cccc(Cl)c3)C(=O)OCC2)cc1. The van der Waals surface area contributed by atoms with Crippen LogP contribution in [0, 0.1) is 0 Å². The standard InChI is InChI=1S/C18H15ClO4S/c1-24(21,22)15-7-5-12(6-8-15)16-9-10-23-18(20)17(16)13-3-2-4-14(19)11-13/h2-8,11H,9-10H2,1H3. The van der Waals surface area contributed by atoms with Crippen molar-refractivity contribution in [2.75, 3.05) is 12.9 Å². The highest BCUT2D eigenvalue weighted by molar-refractivity contribution is 7.90. The van der Waals surface area contributed by atoms with Gasteiger partial charge in [0.15, 0.2) is 9.84 Å². The Balaban J connectivity index is 2.14. The lowest BCUT2D eigenvalue weighted by molar-refractivity contribution is -0.136. The number of benzene rings is 2. The molecular weight excluding hydrogens is 348 g/mol. The predicted molar refractivity (Wildman–Crippen MR) is 93.4 cm³/mol. The minimum absolute atomic E-state index is 0.245. The van der Waals surface area contributed by atoms with Crippen molar-refractivity contribution in [3.63, 3.8) is 0 Å². The van der Waals surface area contributed by atoms with Gasteiger partial charge in [0.1, 0.15) is 0 Å². The maximum atomic E-state index is 12.3. The van der Waals surface area contributed by atoms with E-state index in [1.165, 1.54) is 0 Å². The maximum absolute atomic E-state index is 12.3. The van der Waals surface area contributed by atoms with Gasteiger partial charge < -0.3 is 4.74 Å². The molecule has 6 heteroatoms. The van der Waals surface area contributed by atoms with Crippen LogP contribution in [0.4, 0.5) is 0 Å². The second-order valence-corrected chi connectivity index (χ2v) is 8.00. The number of hydrogen-bond acceptors (Lipinski definition) is 4. The van der Waals surface area contributed by atoms with Crippen molar-refractivity contribution in [1.82, 2.24) is 0 Å². The van der Waals surface area contributed by atoms with E-state index in [9.17, 15) is 13.2 Å². The maximum Gasteiger partial charge on any atom is 0.339 e. The number of cyclic esters (lactones) is 1. The van der Waals surface area contributed by atoms with E-state index in [-0.39, 0.29) is 4.90 Å². The molecule has 1 aliphatic rings. The van der Waals surface area contributed by atoms with E-state index >= 15 is 0 Å². The van der Waals surface area contributed by atoms with Crippen LogP contribution in [0.2, 0.25) is 5.02 Å². The summed E-state index contributed by atoms with van der Waals surface area (Å²) in [5.74, 6) is -0.397. The number of sulfone groups is 1. The molecule has 0 fully saturated rings. The van der Waals surface area contributed by atoms with Crippen LogP contribution in [0.25, 0.3) is 11.1 Å². The lowest BCUT2D eigenvalue weighted by atomic mass is 9.91. The second kappa shape index (κ2) is 6.42. The van der Waals surface area contributed by atoms with Gasteiger partial charge in [0.2, 0.25) is 0 Å². The molecule has 1 heterocycles. The average molecular weight is 363 g/mol. The number of carbonyl (C=O) groups excluding carboxylic acids is 1. The van der Waals surface area contributed by atoms with E-state index in [0.717, 1.165) is 17.4 Å². The zero-order chi connectivity index (χ0) is 17.3. The molecule has 0 bridgehead atoms. The fraction of sp³-hybridized carbons (Fsp3) is 0.167. The summed E-state index contributed by atoms with van der Waals surface area (Å²) < 4.78 is 28.4. The molecule has 0 aliphatic carbocycles. The van der Waals surface area contributed by atoms with Gasteiger partial charge in [-0.15, -0.1) is 0 Å². The minimum atomic E-state index is -3.26. The van der Waals surface area contributed by atoms with Crippen molar-refractivity contribution in [2.24, 2.45) is 0 Å². The van der Waals surface area contributed by atoms with Crippen LogP contribution in [0.5, 0.6) is 0 Å². The quantitative estimate of drug-likeness (QED) is 0.783. The average Bonchev–Trinajstić information content (AvgIpc) is 2.54. The number of hydrogen-bond donors (Lipinski definition) is 0. The van der Waals surface area contributed by atoms with Crippen LogP contribution >= 0.6 is 11.6 Å². The zero-order valence-corrected chi connectivity index (χ0v) is 14.5. The Hall–Kier alpha value is -2.11. The molecule has 4 nitrogen and oxygen atoms in total. The monoisotopic (exact) mass is 362 g/mol. The van der Waals surface area contributed by atoms with Gasteiger partial charge >= 0.3 is 5.97 Å². The smallest absolute Gasteiger partial charge is 0.339 e.